The number of amides is 2. The molecule has 7 heteroatoms. The molecule has 0 bridgehead atoms. The Balaban J connectivity index is 2.03. The molecular formula is C19H25F3N2O2. The molecule has 0 aromatic heterocycles. The molecule has 0 saturated carbocycles. The molecule has 1 aliphatic heterocycles. The van der Waals surface area contributed by atoms with Gasteiger partial charge in [-0.1, -0.05) is 37.3 Å². The number of hydrogen-bond acceptors (Lipinski definition) is 2. The zero-order chi connectivity index (χ0) is 19.4. The average molecular weight is 370 g/mol. The Morgan fingerprint density at radius 2 is 1.92 bits per heavy atom. The molecular weight excluding hydrogens is 345 g/mol. The molecule has 0 fully saturated rings. The monoisotopic (exact) mass is 370 g/mol. The van der Waals surface area contributed by atoms with Crippen LogP contribution in [-0.2, 0) is 11.2 Å². The summed E-state index contributed by atoms with van der Waals surface area (Å²) in [6.45, 7) is 3.02. The third-order valence-corrected chi connectivity index (χ3v) is 4.67. The Morgan fingerprint density at radius 3 is 2.38 bits per heavy atom. The summed E-state index contributed by atoms with van der Waals surface area (Å²) in [7, 11) is 1.18. The zero-order valence-electron chi connectivity index (χ0n) is 15.3. The van der Waals surface area contributed by atoms with Gasteiger partial charge in [0.15, 0.2) is 5.54 Å². The van der Waals surface area contributed by atoms with Crippen LogP contribution in [0.2, 0.25) is 0 Å². The molecule has 0 aliphatic carbocycles. The van der Waals surface area contributed by atoms with E-state index in [0.717, 1.165) is 24.5 Å². The first-order chi connectivity index (χ1) is 12.2. The van der Waals surface area contributed by atoms with Crippen LogP contribution in [0.5, 0.6) is 0 Å². The number of hydrogen-bond donors (Lipinski definition) is 1. The van der Waals surface area contributed by atoms with E-state index < -0.39 is 24.4 Å². The number of halogens is 3. The number of alkyl halides is 3. The Morgan fingerprint density at radius 1 is 1.27 bits per heavy atom. The van der Waals surface area contributed by atoms with E-state index in [4.69, 9.17) is 0 Å². The second kappa shape index (κ2) is 8.12. The molecule has 0 radical (unpaired) electrons. The highest BCUT2D eigenvalue weighted by atomic mass is 19.4. The molecule has 1 aromatic rings. The standard InChI is InChI=1S/C19H25F3N2O2/c1-4-14-5-7-15(8-6-14)16-9-11-24(12-10-16)17(25)23-18(2,13-26-3)19(20,21)22/h5-9H,4,10-13H2,1-3H3,(H,23,25). The van der Waals surface area contributed by atoms with Gasteiger partial charge in [0.1, 0.15) is 0 Å². The number of aryl methyl sites for hydroxylation is 1. The van der Waals surface area contributed by atoms with Crippen molar-refractivity contribution in [2.24, 2.45) is 0 Å². The number of carbonyl (C=O) groups is 1. The van der Waals surface area contributed by atoms with Gasteiger partial charge in [-0.2, -0.15) is 13.2 Å². The maximum atomic E-state index is 13.2. The lowest BCUT2D eigenvalue weighted by Crippen LogP contribution is -2.62. The molecule has 1 N–H and O–H groups in total. The van der Waals surface area contributed by atoms with Gasteiger partial charge in [-0.15, -0.1) is 0 Å². The number of rotatable bonds is 5. The van der Waals surface area contributed by atoms with E-state index in [1.165, 1.54) is 17.6 Å². The van der Waals surface area contributed by atoms with E-state index in [-0.39, 0.29) is 6.54 Å². The normalized spacial score (nSPS) is 17.5. The summed E-state index contributed by atoms with van der Waals surface area (Å²) >= 11 is 0. The number of urea groups is 1. The number of benzene rings is 1. The van der Waals surface area contributed by atoms with Crippen LogP contribution in [0.25, 0.3) is 5.57 Å². The Bertz CT molecular complexity index is 656. The molecule has 2 amide bonds. The highest BCUT2D eigenvalue weighted by Gasteiger charge is 2.52. The fourth-order valence-corrected chi connectivity index (χ4v) is 2.86. The van der Waals surface area contributed by atoms with E-state index in [1.54, 1.807) is 0 Å². The fraction of sp³-hybridized carbons (Fsp3) is 0.526. The SMILES string of the molecule is CCc1ccc(C2=CCN(C(=O)NC(C)(COC)C(F)(F)F)CC2)cc1. The van der Waals surface area contributed by atoms with Gasteiger partial charge in [-0.05, 0) is 36.5 Å². The van der Waals surface area contributed by atoms with Crippen molar-refractivity contribution in [2.75, 3.05) is 26.8 Å². The van der Waals surface area contributed by atoms with Gasteiger partial charge < -0.3 is 15.0 Å². The second-order valence-electron chi connectivity index (χ2n) is 6.67. The molecule has 1 heterocycles. The van der Waals surface area contributed by atoms with Crippen LogP contribution in [0, 0.1) is 0 Å². The Kier molecular flexibility index (Phi) is 6.34. The molecule has 0 saturated heterocycles. The summed E-state index contributed by atoms with van der Waals surface area (Å²) in [5.74, 6) is 0. The van der Waals surface area contributed by atoms with Gasteiger partial charge >= 0.3 is 12.2 Å². The van der Waals surface area contributed by atoms with Gasteiger partial charge in [0, 0.05) is 20.2 Å². The van der Waals surface area contributed by atoms with Gasteiger partial charge in [0.05, 0.1) is 6.61 Å². The minimum Gasteiger partial charge on any atom is -0.382 e. The Labute approximate surface area is 152 Å². The molecule has 144 valence electrons. The third-order valence-electron chi connectivity index (χ3n) is 4.67. The first kappa shape index (κ1) is 20.3. The first-order valence-corrected chi connectivity index (χ1v) is 8.61. The lowest BCUT2D eigenvalue weighted by Gasteiger charge is -2.35. The third kappa shape index (κ3) is 4.58. The van der Waals surface area contributed by atoms with Crippen molar-refractivity contribution in [2.45, 2.75) is 38.4 Å². The van der Waals surface area contributed by atoms with E-state index in [0.29, 0.717) is 13.0 Å². The first-order valence-electron chi connectivity index (χ1n) is 8.61. The number of carbonyl (C=O) groups excluding carboxylic acids is 1. The fourth-order valence-electron chi connectivity index (χ4n) is 2.86. The topological polar surface area (TPSA) is 41.6 Å². The molecule has 1 unspecified atom stereocenters. The van der Waals surface area contributed by atoms with E-state index >= 15 is 0 Å². The summed E-state index contributed by atoms with van der Waals surface area (Å²) < 4.78 is 44.4. The van der Waals surface area contributed by atoms with Crippen molar-refractivity contribution in [3.05, 3.63) is 41.5 Å². The van der Waals surface area contributed by atoms with Crippen LogP contribution in [0.3, 0.4) is 0 Å². The summed E-state index contributed by atoms with van der Waals surface area (Å²) in [5, 5.41) is 2.08. The number of ether oxygens (including phenoxy) is 1. The zero-order valence-corrected chi connectivity index (χ0v) is 15.3. The van der Waals surface area contributed by atoms with Crippen LogP contribution in [0.4, 0.5) is 18.0 Å². The van der Waals surface area contributed by atoms with E-state index in [2.05, 4.69) is 29.1 Å². The predicted molar refractivity (Wildman–Crippen MR) is 94.9 cm³/mol. The predicted octanol–water partition coefficient (Wildman–Crippen LogP) is 4.02. The van der Waals surface area contributed by atoms with Gasteiger partial charge in [-0.3, -0.25) is 0 Å². The highest BCUT2D eigenvalue weighted by Crippen LogP contribution is 2.31. The quantitative estimate of drug-likeness (QED) is 0.851. The lowest BCUT2D eigenvalue weighted by molar-refractivity contribution is -0.200. The lowest BCUT2D eigenvalue weighted by atomic mass is 9.98. The molecule has 0 spiro atoms. The maximum Gasteiger partial charge on any atom is 0.413 e. The molecule has 1 atom stereocenters. The molecule has 1 aliphatic rings. The number of nitrogens with one attached hydrogen (secondary N) is 1. The van der Waals surface area contributed by atoms with Gasteiger partial charge in [-0.25, -0.2) is 4.79 Å². The van der Waals surface area contributed by atoms with Crippen LogP contribution in [0.15, 0.2) is 30.3 Å². The molecule has 1 aromatic carbocycles. The molecule has 26 heavy (non-hydrogen) atoms. The second-order valence-corrected chi connectivity index (χ2v) is 6.67. The van der Waals surface area contributed by atoms with Crippen LogP contribution >= 0.6 is 0 Å². The summed E-state index contributed by atoms with van der Waals surface area (Å²) in [4.78, 5) is 13.7. The van der Waals surface area contributed by atoms with E-state index in [9.17, 15) is 18.0 Å². The minimum absolute atomic E-state index is 0.275. The van der Waals surface area contributed by atoms with E-state index in [1.807, 2.05) is 18.2 Å². The van der Waals surface area contributed by atoms with Crippen LogP contribution in [-0.4, -0.2) is 49.5 Å². The summed E-state index contributed by atoms with van der Waals surface area (Å²) in [6, 6.07) is 7.47. The number of nitrogens with zero attached hydrogens (tertiary/aromatic N) is 1. The molecule has 2 rings (SSSR count). The highest BCUT2D eigenvalue weighted by molar-refractivity contribution is 5.77. The average Bonchev–Trinajstić information content (AvgIpc) is 2.61. The summed E-state index contributed by atoms with van der Waals surface area (Å²) in [6.07, 6.45) is -1.14. The van der Waals surface area contributed by atoms with Crippen LogP contribution in [0.1, 0.15) is 31.4 Å². The van der Waals surface area contributed by atoms with Crippen molar-refractivity contribution in [1.82, 2.24) is 10.2 Å². The van der Waals surface area contributed by atoms with Crippen molar-refractivity contribution in [3.8, 4) is 0 Å². The van der Waals surface area contributed by atoms with Crippen LogP contribution < -0.4 is 5.32 Å². The smallest absolute Gasteiger partial charge is 0.382 e. The van der Waals surface area contributed by atoms with Gasteiger partial charge in [0.2, 0.25) is 0 Å². The largest absolute Gasteiger partial charge is 0.413 e. The van der Waals surface area contributed by atoms with Crippen molar-refractivity contribution in [3.63, 3.8) is 0 Å². The van der Waals surface area contributed by atoms with Crippen molar-refractivity contribution in [1.29, 1.82) is 0 Å². The molecule has 4 nitrogen and oxygen atoms in total. The Hall–Kier alpha value is -2.02. The number of methoxy groups -OCH3 is 1. The summed E-state index contributed by atoms with van der Waals surface area (Å²) in [5.41, 5.74) is 1.02. The minimum atomic E-state index is -4.60. The van der Waals surface area contributed by atoms with Crippen molar-refractivity contribution < 1.29 is 22.7 Å². The van der Waals surface area contributed by atoms with Crippen molar-refractivity contribution >= 4 is 11.6 Å². The maximum absolute atomic E-state index is 13.2. The van der Waals surface area contributed by atoms with Gasteiger partial charge in [0.25, 0.3) is 0 Å².